The van der Waals surface area contributed by atoms with Crippen LogP contribution in [0.1, 0.15) is 90.4 Å². The molecule has 0 amide bonds. The second-order valence-corrected chi connectivity index (χ2v) is 10.5. The van der Waals surface area contributed by atoms with Crippen molar-refractivity contribution < 1.29 is 14.4 Å². The van der Waals surface area contributed by atoms with Crippen LogP contribution in [-0.4, -0.2) is 55.6 Å². The predicted octanol–water partition coefficient (Wildman–Crippen LogP) is 3.18. The fourth-order valence-corrected chi connectivity index (χ4v) is 6.20. The van der Waals surface area contributed by atoms with Crippen molar-refractivity contribution in [1.82, 2.24) is 16.0 Å². The van der Waals surface area contributed by atoms with E-state index >= 15 is 0 Å². The molecule has 3 rings (SSSR count). The Morgan fingerprint density at radius 1 is 0.688 bits per heavy atom. The highest BCUT2D eigenvalue weighted by atomic mass is 16.1. The van der Waals surface area contributed by atoms with Gasteiger partial charge in [-0.2, -0.15) is 0 Å². The third-order valence-corrected chi connectivity index (χ3v) is 8.29. The van der Waals surface area contributed by atoms with Gasteiger partial charge in [0.15, 0.2) is 11.6 Å². The second kappa shape index (κ2) is 13.0. The Morgan fingerprint density at radius 2 is 1.22 bits per heavy atom. The Morgan fingerprint density at radius 3 is 1.75 bits per heavy atom. The van der Waals surface area contributed by atoms with Crippen LogP contribution in [0.5, 0.6) is 0 Å². The number of carbonyl (C=O) groups excluding carboxylic acids is 3. The molecular weight excluding hydrogens is 402 g/mol. The first-order valence-electron chi connectivity index (χ1n) is 13.2. The second-order valence-electron chi connectivity index (χ2n) is 10.5. The predicted molar refractivity (Wildman–Crippen MR) is 128 cm³/mol. The van der Waals surface area contributed by atoms with Crippen molar-refractivity contribution in [2.24, 2.45) is 17.8 Å². The molecule has 182 valence electrons. The normalized spacial score (nSPS) is 23.4. The molecule has 3 aliphatic rings. The maximum Gasteiger partial charge on any atom is 0.163 e. The lowest BCUT2D eigenvalue weighted by atomic mass is 9.78. The maximum atomic E-state index is 13.2. The number of rotatable bonds is 14. The summed E-state index contributed by atoms with van der Waals surface area (Å²) in [5.41, 5.74) is 0. The van der Waals surface area contributed by atoms with E-state index in [1.807, 2.05) is 7.05 Å². The zero-order valence-corrected chi connectivity index (χ0v) is 20.3. The Labute approximate surface area is 194 Å². The maximum absolute atomic E-state index is 13.2. The van der Waals surface area contributed by atoms with Crippen LogP contribution in [0.3, 0.4) is 0 Å². The summed E-state index contributed by atoms with van der Waals surface area (Å²) in [7, 11) is 1.88. The third-order valence-electron chi connectivity index (χ3n) is 8.29. The van der Waals surface area contributed by atoms with E-state index in [0.717, 1.165) is 38.5 Å². The molecule has 6 heteroatoms. The summed E-state index contributed by atoms with van der Waals surface area (Å²) in [5.74, 6) is 1.73. The van der Waals surface area contributed by atoms with Crippen LogP contribution < -0.4 is 16.0 Å². The van der Waals surface area contributed by atoms with Crippen LogP contribution >= 0.6 is 0 Å². The zero-order valence-electron chi connectivity index (χ0n) is 20.3. The quantitative estimate of drug-likeness (QED) is 0.379. The average molecular weight is 448 g/mol. The zero-order chi connectivity index (χ0) is 22.9. The highest BCUT2D eigenvalue weighted by molar-refractivity contribution is 5.88. The van der Waals surface area contributed by atoms with E-state index in [2.05, 4.69) is 16.0 Å². The molecule has 3 fully saturated rings. The first kappa shape index (κ1) is 25.5. The largest absolute Gasteiger partial charge is 0.310 e. The van der Waals surface area contributed by atoms with E-state index in [0.29, 0.717) is 30.7 Å². The van der Waals surface area contributed by atoms with Gasteiger partial charge in [0, 0.05) is 13.0 Å². The van der Waals surface area contributed by atoms with Crippen LogP contribution in [-0.2, 0) is 14.4 Å². The smallest absolute Gasteiger partial charge is 0.163 e. The van der Waals surface area contributed by atoms with Gasteiger partial charge in [-0.05, 0) is 70.3 Å². The van der Waals surface area contributed by atoms with Gasteiger partial charge < -0.3 is 16.0 Å². The SMILES string of the molecule is CN[C@H](C(=O)CCN[C@H](C(=O)CN[C@H](C(C)=O)C1CCCCC1)C1CCCC1)C1CCC1. The van der Waals surface area contributed by atoms with Gasteiger partial charge in [0.2, 0.25) is 0 Å². The van der Waals surface area contributed by atoms with Gasteiger partial charge in [-0.25, -0.2) is 0 Å². The first-order valence-corrected chi connectivity index (χ1v) is 13.2. The highest BCUT2D eigenvalue weighted by Gasteiger charge is 2.34. The van der Waals surface area contributed by atoms with Gasteiger partial charge in [0.1, 0.15) is 5.78 Å². The summed E-state index contributed by atoms with van der Waals surface area (Å²) in [6.45, 7) is 2.44. The molecule has 0 saturated heterocycles. The van der Waals surface area contributed by atoms with Crippen LogP contribution in [0.25, 0.3) is 0 Å². The molecule has 3 aliphatic carbocycles. The summed E-state index contributed by atoms with van der Waals surface area (Å²) < 4.78 is 0. The molecule has 6 nitrogen and oxygen atoms in total. The van der Waals surface area contributed by atoms with Crippen molar-refractivity contribution >= 4 is 17.3 Å². The van der Waals surface area contributed by atoms with E-state index in [-0.39, 0.29) is 42.0 Å². The lowest BCUT2D eigenvalue weighted by Gasteiger charge is -2.33. The Bertz CT molecular complexity index is 622. The minimum Gasteiger partial charge on any atom is -0.310 e. The van der Waals surface area contributed by atoms with E-state index < -0.39 is 0 Å². The van der Waals surface area contributed by atoms with Crippen molar-refractivity contribution in [2.75, 3.05) is 20.1 Å². The van der Waals surface area contributed by atoms with E-state index in [1.165, 1.54) is 38.5 Å². The van der Waals surface area contributed by atoms with Gasteiger partial charge >= 0.3 is 0 Å². The standard InChI is InChI=1S/C26H45N3O3/c1-18(30)24(19-9-4-3-5-10-19)29-17-23(32)26(21-11-6-7-12-21)28-16-15-22(31)25(27-2)20-13-8-14-20/h19-21,24-29H,3-17H2,1-2H3/t24-,25+,26+/m1/s1. The number of likely N-dealkylation sites (N-methyl/N-ethyl adjacent to an activating group) is 1. The molecule has 0 unspecified atom stereocenters. The Balaban J connectivity index is 1.51. The van der Waals surface area contributed by atoms with Crippen molar-refractivity contribution in [3.05, 3.63) is 0 Å². The molecule has 3 atom stereocenters. The molecule has 3 N–H and O–H groups in total. The molecule has 3 saturated carbocycles. The number of Topliss-reactive ketones (excluding diaryl/α,β-unsaturated/α-hetero) is 3. The number of nitrogens with one attached hydrogen (secondary N) is 3. The van der Waals surface area contributed by atoms with Crippen molar-refractivity contribution in [2.45, 2.75) is 109 Å². The van der Waals surface area contributed by atoms with Crippen LogP contribution in [0.2, 0.25) is 0 Å². The highest BCUT2D eigenvalue weighted by Crippen LogP contribution is 2.31. The summed E-state index contributed by atoms with van der Waals surface area (Å²) in [4.78, 5) is 38.2. The number of hydrogen-bond donors (Lipinski definition) is 3. The summed E-state index contributed by atoms with van der Waals surface area (Å²) in [5, 5.41) is 10.00. The topological polar surface area (TPSA) is 87.3 Å². The molecule has 0 bridgehead atoms. The molecule has 0 aromatic rings. The summed E-state index contributed by atoms with van der Waals surface area (Å²) in [6, 6.07) is -0.461. The van der Waals surface area contributed by atoms with E-state index in [1.54, 1.807) is 6.92 Å². The molecular formula is C26H45N3O3. The number of hydrogen-bond acceptors (Lipinski definition) is 6. The fraction of sp³-hybridized carbons (Fsp3) is 0.885. The van der Waals surface area contributed by atoms with Crippen LogP contribution in [0.4, 0.5) is 0 Å². The van der Waals surface area contributed by atoms with Crippen molar-refractivity contribution in [3.8, 4) is 0 Å². The van der Waals surface area contributed by atoms with Gasteiger partial charge in [-0.1, -0.05) is 38.5 Å². The Hall–Kier alpha value is -1.11. The molecule has 0 spiro atoms. The summed E-state index contributed by atoms with van der Waals surface area (Å²) in [6.07, 6.45) is 14.2. The van der Waals surface area contributed by atoms with Crippen LogP contribution in [0.15, 0.2) is 0 Å². The Kier molecular flexibility index (Phi) is 10.3. The van der Waals surface area contributed by atoms with E-state index in [4.69, 9.17) is 0 Å². The fourth-order valence-electron chi connectivity index (χ4n) is 6.20. The van der Waals surface area contributed by atoms with Crippen molar-refractivity contribution in [3.63, 3.8) is 0 Å². The monoisotopic (exact) mass is 447 g/mol. The minimum atomic E-state index is -0.214. The van der Waals surface area contributed by atoms with Gasteiger partial charge in [-0.15, -0.1) is 0 Å². The molecule has 32 heavy (non-hydrogen) atoms. The molecule has 0 heterocycles. The molecule has 0 aliphatic heterocycles. The molecule has 0 aromatic carbocycles. The lowest BCUT2D eigenvalue weighted by Crippen LogP contribution is -2.51. The third kappa shape index (κ3) is 6.94. The van der Waals surface area contributed by atoms with Gasteiger partial charge in [-0.3, -0.25) is 14.4 Å². The molecule has 0 aromatic heterocycles. The average Bonchev–Trinajstić information content (AvgIpc) is 3.28. The van der Waals surface area contributed by atoms with Crippen molar-refractivity contribution in [1.29, 1.82) is 0 Å². The first-order chi connectivity index (χ1) is 15.5. The van der Waals surface area contributed by atoms with E-state index in [9.17, 15) is 14.4 Å². The lowest BCUT2D eigenvalue weighted by molar-refractivity contribution is -0.125. The minimum absolute atomic E-state index is 0.0420. The molecule has 0 radical (unpaired) electrons. The number of carbonyl (C=O) groups is 3. The van der Waals surface area contributed by atoms with Gasteiger partial charge in [0.25, 0.3) is 0 Å². The van der Waals surface area contributed by atoms with Gasteiger partial charge in [0.05, 0.1) is 24.7 Å². The number of ketones is 3. The van der Waals surface area contributed by atoms with Crippen LogP contribution in [0, 0.1) is 17.8 Å². The summed E-state index contributed by atoms with van der Waals surface area (Å²) >= 11 is 0.